The van der Waals surface area contributed by atoms with Crippen molar-refractivity contribution in [1.29, 1.82) is 0 Å². The van der Waals surface area contributed by atoms with E-state index in [1.807, 2.05) is 19.9 Å². The Morgan fingerprint density at radius 1 is 1.27 bits per heavy atom. The van der Waals surface area contributed by atoms with Crippen LogP contribution in [0.2, 0.25) is 0 Å². The summed E-state index contributed by atoms with van der Waals surface area (Å²) in [5, 5.41) is 4.33. The van der Waals surface area contributed by atoms with Gasteiger partial charge in [-0.15, -0.1) is 0 Å². The predicted octanol–water partition coefficient (Wildman–Crippen LogP) is 4.76. The molecule has 2 aromatic rings. The maximum atomic E-state index is 5.82. The minimum Gasteiger partial charge on any atom is -0.493 e. The van der Waals surface area contributed by atoms with Gasteiger partial charge in [-0.05, 0) is 57.4 Å². The predicted molar refractivity (Wildman–Crippen MR) is 102 cm³/mol. The standard InChI is InChI=1S/C21H30N2O3/c1-5-7-17-13-18(22-26-17)19-8-6-11-23(19)14-16-9-10-20(25-15(2)3)21(12-16)24-4/h9-10,12-13,15,19H,5-8,11,14H2,1-4H3/t19-/m1/s1. The van der Waals surface area contributed by atoms with Crippen molar-refractivity contribution >= 4 is 0 Å². The van der Waals surface area contributed by atoms with Crippen molar-refractivity contribution in [3.05, 3.63) is 41.3 Å². The molecule has 0 unspecified atom stereocenters. The second kappa shape index (κ2) is 8.58. The molecule has 0 radical (unpaired) electrons. The number of benzene rings is 1. The van der Waals surface area contributed by atoms with Crippen molar-refractivity contribution in [3.63, 3.8) is 0 Å². The molecule has 1 fully saturated rings. The highest BCUT2D eigenvalue weighted by atomic mass is 16.5. The van der Waals surface area contributed by atoms with Crippen molar-refractivity contribution in [1.82, 2.24) is 10.1 Å². The highest BCUT2D eigenvalue weighted by Gasteiger charge is 2.28. The molecular formula is C21H30N2O3. The number of nitrogens with zero attached hydrogens (tertiary/aromatic N) is 2. The Morgan fingerprint density at radius 2 is 2.12 bits per heavy atom. The van der Waals surface area contributed by atoms with E-state index in [1.165, 1.54) is 12.0 Å². The van der Waals surface area contributed by atoms with Gasteiger partial charge in [0.1, 0.15) is 11.5 Å². The van der Waals surface area contributed by atoms with Crippen LogP contribution in [0.25, 0.3) is 0 Å². The monoisotopic (exact) mass is 358 g/mol. The lowest BCUT2D eigenvalue weighted by Crippen LogP contribution is -2.23. The lowest BCUT2D eigenvalue weighted by atomic mass is 10.1. The molecule has 0 saturated carbocycles. The van der Waals surface area contributed by atoms with E-state index in [4.69, 9.17) is 14.0 Å². The summed E-state index contributed by atoms with van der Waals surface area (Å²) in [7, 11) is 1.69. The third-order valence-corrected chi connectivity index (χ3v) is 4.76. The molecule has 1 aromatic heterocycles. The van der Waals surface area contributed by atoms with Crippen LogP contribution in [0.3, 0.4) is 0 Å². The number of rotatable bonds is 8. The van der Waals surface area contributed by atoms with Gasteiger partial charge in [0.15, 0.2) is 11.5 Å². The van der Waals surface area contributed by atoms with Crippen molar-refractivity contribution in [2.24, 2.45) is 0 Å². The van der Waals surface area contributed by atoms with E-state index in [2.05, 4.69) is 35.2 Å². The first-order chi connectivity index (χ1) is 12.6. The molecular weight excluding hydrogens is 328 g/mol. The van der Waals surface area contributed by atoms with Crippen LogP contribution >= 0.6 is 0 Å². The van der Waals surface area contributed by atoms with Gasteiger partial charge in [-0.25, -0.2) is 0 Å². The molecule has 26 heavy (non-hydrogen) atoms. The third kappa shape index (κ3) is 4.39. The van der Waals surface area contributed by atoms with Crippen LogP contribution in [-0.2, 0) is 13.0 Å². The molecule has 3 rings (SSSR count). The van der Waals surface area contributed by atoms with Crippen LogP contribution in [-0.4, -0.2) is 29.8 Å². The van der Waals surface area contributed by atoms with Crippen LogP contribution in [0.4, 0.5) is 0 Å². The van der Waals surface area contributed by atoms with E-state index in [1.54, 1.807) is 7.11 Å². The number of aryl methyl sites for hydroxylation is 1. The van der Waals surface area contributed by atoms with Gasteiger partial charge in [-0.2, -0.15) is 0 Å². The quantitative estimate of drug-likeness (QED) is 0.681. The van der Waals surface area contributed by atoms with Gasteiger partial charge in [0, 0.05) is 19.0 Å². The van der Waals surface area contributed by atoms with Gasteiger partial charge < -0.3 is 14.0 Å². The Hall–Kier alpha value is -2.01. The van der Waals surface area contributed by atoms with Crippen molar-refractivity contribution < 1.29 is 14.0 Å². The highest BCUT2D eigenvalue weighted by molar-refractivity contribution is 5.43. The topological polar surface area (TPSA) is 47.7 Å². The van der Waals surface area contributed by atoms with E-state index in [9.17, 15) is 0 Å². The molecule has 0 amide bonds. The lowest BCUT2D eigenvalue weighted by molar-refractivity contribution is 0.227. The molecule has 5 heteroatoms. The summed E-state index contributed by atoms with van der Waals surface area (Å²) in [6.07, 6.45) is 4.47. The number of likely N-dealkylation sites (tertiary alicyclic amines) is 1. The lowest BCUT2D eigenvalue weighted by Gasteiger charge is -2.23. The fourth-order valence-corrected chi connectivity index (χ4v) is 3.60. The second-order valence-corrected chi connectivity index (χ2v) is 7.25. The number of hydrogen-bond acceptors (Lipinski definition) is 5. The molecule has 1 saturated heterocycles. The summed E-state index contributed by atoms with van der Waals surface area (Å²) in [5.41, 5.74) is 2.29. The van der Waals surface area contributed by atoms with E-state index in [0.717, 1.165) is 55.3 Å². The van der Waals surface area contributed by atoms with Crippen LogP contribution < -0.4 is 9.47 Å². The smallest absolute Gasteiger partial charge is 0.161 e. The van der Waals surface area contributed by atoms with Crippen LogP contribution in [0, 0.1) is 0 Å². The molecule has 1 aliphatic heterocycles. The molecule has 5 nitrogen and oxygen atoms in total. The summed E-state index contributed by atoms with van der Waals surface area (Å²) >= 11 is 0. The molecule has 0 aliphatic carbocycles. The van der Waals surface area contributed by atoms with Gasteiger partial charge in [-0.3, -0.25) is 4.90 Å². The van der Waals surface area contributed by atoms with Crippen LogP contribution in [0.15, 0.2) is 28.8 Å². The first-order valence-corrected chi connectivity index (χ1v) is 9.63. The maximum Gasteiger partial charge on any atom is 0.161 e. The number of aromatic nitrogens is 1. The van der Waals surface area contributed by atoms with Gasteiger partial charge in [0.25, 0.3) is 0 Å². The zero-order valence-electron chi connectivity index (χ0n) is 16.3. The van der Waals surface area contributed by atoms with Gasteiger partial charge >= 0.3 is 0 Å². The molecule has 0 bridgehead atoms. The van der Waals surface area contributed by atoms with Crippen LogP contribution in [0.5, 0.6) is 11.5 Å². The first kappa shape index (κ1) is 18.8. The van der Waals surface area contributed by atoms with E-state index in [0.29, 0.717) is 6.04 Å². The normalized spacial score (nSPS) is 17.8. The van der Waals surface area contributed by atoms with Gasteiger partial charge in [0.2, 0.25) is 0 Å². The maximum absolute atomic E-state index is 5.82. The summed E-state index contributed by atoms with van der Waals surface area (Å²) in [4.78, 5) is 2.48. The first-order valence-electron chi connectivity index (χ1n) is 9.63. The molecule has 1 atom stereocenters. The average molecular weight is 358 g/mol. The van der Waals surface area contributed by atoms with Gasteiger partial charge in [-0.1, -0.05) is 18.1 Å². The minimum atomic E-state index is 0.127. The van der Waals surface area contributed by atoms with Crippen LogP contribution in [0.1, 0.15) is 63.1 Å². The van der Waals surface area contributed by atoms with Crippen molar-refractivity contribution in [2.45, 2.75) is 65.1 Å². The molecule has 0 N–H and O–H groups in total. The van der Waals surface area contributed by atoms with E-state index < -0.39 is 0 Å². The third-order valence-electron chi connectivity index (χ3n) is 4.76. The number of hydrogen-bond donors (Lipinski definition) is 0. The summed E-state index contributed by atoms with van der Waals surface area (Å²) < 4.78 is 16.8. The zero-order chi connectivity index (χ0) is 18.5. The Kier molecular flexibility index (Phi) is 6.20. The number of ether oxygens (including phenoxy) is 2. The summed E-state index contributed by atoms with van der Waals surface area (Å²) in [6.45, 7) is 8.15. The molecule has 1 aromatic carbocycles. The fourth-order valence-electron chi connectivity index (χ4n) is 3.60. The highest BCUT2D eigenvalue weighted by Crippen LogP contribution is 2.35. The molecule has 1 aliphatic rings. The zero-order valence-corrected chi connectivity index (χ0v) is 16.3. The van der Waals surface area contributed by atoms with E-state index in [-0.39, 0.29) is 6.10 Å². The Balaban J connectivity index is 1.72. The molecule has 142 valence electrons. The fraction of sp³-hybridized carbons (Fsp3) is 0.571. The second-order valence-electron chi connectivity index (χ2n) is 7.25. The van der Waals surface area contributed by atoms with Crippen molar-refractivity contribution in [3.8, 4) is 11.5 Å². The molecule has 2 heterocycles. The minimum absolute atomic E-state index is 0.127. The summed E-state index contributed by atoms with van der Waals surface area (Å²) in [5.74, 6) is 2.58. The number of methoxy groups -OCH3 is 1. The Labute approximate surface area is 156 Å². The van der Waals surface area contributed by atoms with Crippen molar-refractivity contribution in [2.75, 3.05) is 13.7 Å². The molecule has 0 spiro atoms. The van der Waals surface area contributed by atoms with E-state index >= 15 is 0 Å². The average Bonchev–Trinajstić information content (AvgIpc) is 3.25. The van der Waals surface area contributed by atoms with Gasteiger partial charge in [0.05, 0.1) is 19.3 Å². The Morgan fingerprint density at radius 3 is 2.85 bits per heavy atom. The Bertz CT molecular complexity index is 711. The summed E-state index contributed by atoms with van der Waals surface area (Å²) in [6, 6.07) is 8.68. The largest absolute Gasteiger partial charge is 0.493 e. The SMILES string of the molecule is CCCc1cc([C@H]2CCCN2Cc2ccc(OC(C)C)c(OC)c2)no1.